The van der Waals surface area contributed by atoms with E-state index < -0.39 is 0 Å². The minimum Gasteiger partial charge on any atom is -0.497 e. The number of benzene rings is 2. The predicted molar refractivity (Wildman–Crippen MR) is 103 cm³/mol. The van der Waals surface area contributed by atoms with E-state index in [1.807, 2.05) is 18.2 Å². The van der Waals surface area contributed by atoms with Crippen molar-refractivity contribution in [1.82, 2.24) is 9.78 Å². The Morgan fingerprint density at radius 3 is 2.61 bits per heavy atom. The molecular weight excluding hydrogens is 359 g/mol. The molecule has 0 amide bonds. The van der Waals surface area contributed by atoms with Crippen LogP contribution in [0.3, 0.4) is 0 Å². The van der Waals surface area contributed by atoms with Crippen LogP contribution in [-0.2, 0) is 6.42 Å². The lowest BCUT2D eigenvalue weighted by Crippen LogP contribution is -2.21. The number of aryl methyl sites for hydroxylation is 1. The molecule has 0 saturated carbocycles. The standard InChI is InChI=1S/C22H21FN2O3/c1-13-22-19(25(24-13)18-7-5-4-6-17(18)23)10-14(11-20(22)26)16-9-8-15(27-2)12-21(16)28-3/h4-9,12,14H,10-11H2,1-3H3/t14-/m0/s1. The van der Waals surface area contributed by atoms with Gasteiger partial charge < -0.3 is 9.47 Å². The maximum Gasteiger partial charge on any atom is 0.167 e. The third-order valence-corrected chi connectivity index (χ3v) is 5.27. The van der Waals surface area contributed by atoms with Crippen LogP contribution in [0, 0.1) is 12.7 Å². The molecule has 0 saturated heterocycles. The second kappa shape index (κ2) is 7.11. The van der Waals surface area contributed by atoms with Gasteiger partial charge in [0.05, 0.1) is 31.2 Å². The quantitative estimate of drug-likeness (QED) is 0.679. The Morgan fingerprint density at radius 1 is 1.11 bits per heavy atom. The highest BCUT2D eigenvalue weighted by molar-refractivity contribution is 6.00. The summed E-state index contributed by atoms with van der Waals surface area (Å²) in [5.74, 6) is 0.932. The number of ketones is 1. The zero-order chi connectivity index (χ0) is 19.8. The number of carbonyl (C=O) groups is 1. The number of rotatable bonds is 4. The van der Waals surface area contributed by atoms with Gasteiger partial charge in [-0.25, -0.2) is 9.07 Å². The van der Waals surface area contributed by atoms with Crippen LogP contribution in [-0.4, -0.2) is 29.8 Å². The number of Topliss-reactive ketones (excluding diaryl/α,β-unsaturated/α-hetero) is 1. The summed E-state index contributed by atoms with van der Waals surface area (Å²) < 4.78 is 26.8. The summed E-state index contributed by atoms with van der Waals surface area (Å²) in [4.78, 5) is 12.9. The molecule has 28 heavy (non-hydrogen) atoms. The topological polar surface area (TPSA) is 53.3 Å². The summed E-state index contributed by atoms with van der Waals surface area (Å²) in [6.45, 7) is 1.79. The summed E-state index contributed by atoms with van der Waals surface area (Å²) in [6, 6.07) is 12.1. The maximum atomic E-state index is 14.4. The fourth-order valence-corrected chi connectivity index (χ4v) is 3.96. The Kier molecular flexibility index (Phi) is 4.63. The van der Waals surface area contributed by atoms with Crippen LogP contribution in [0.5, 0.6) is 11.5 Å². The average molecular weight is 380 g/mol. The highest BCUT2D eigenvalue weighted by atomic mass is 19.1. The van der Waals surface area contributed by atoms with Gasteiger partial charge in [-0.1, -0.05) is 18.2 Å². The number of carbonyl (C=O) groups excluding carboxylic acids is 1. The molecule has 1 aliphatic carbocycles. The summed E-state index contributed by atoms with van der Waals surface area (Å²) in [5.41, 5.74) is 3.25. The first-order chi connectivity index (χ1) is 13.5. The molecule has 0 bridgehead atoms. The number of hydrogen-bond acceptors (Lipinski definition) is 4. The number of ether oxygens (including phenoxy) is 2. The van der Waals surface area contributed by atoms with E-state index in [0.717, 1.165) is 11.3 Å². The van der Waals surface area contributed by atoms with Crippen molar-refractivity contribution in [3.8, 4) is 17.2 Å². The Bertz CT molecular complexity index is 1060. The Hall–Kier alpha value is -3.15. The van der Waals surface area contributed by atoms with Gasteiger partial charge in [-0.2, -0.15) is 5.10 Å². The summed E-state index contributed by atoms with van der Waals surface area (Å²) in [5, 5.41) is 4.48. The van der Waals surface area contributed by atoms with Crippen molar-refractivity contribution in [2.24, 2.45) is 0 Å². The van der Waals surface area contributed by atoms with Gasteiger partial charge in [0.25, 0.3) is 0 Å². The monoisotopic (exact) mass is 380 g/mol. The first-order valence-corrected chi connectivity index (χ1v) is 9.12. The molecule has 1 heterocycles. The first-order valence-electron chi connectivity index (χ1n) is 9.12. The highest BCUT2D eigenvalue weighted by Crippen LogP contribution is 2.40. The fraction of sp³-hybridized carbons (Fsp3) is 0.273. The maximum absolute atomic E-state index is 14.4. The van der Waals surface area contributed by atoms with Crippen molar-refractivity contribution in [2.75, 3.05) is 14.2 Å². The highest BCUT2D eigenvalue weighted by Gasteiger charge is 2.33. The molecule has 0 fully saturated rings. The lowest BCUT2D eigenvalue weighted by atomic mass is 9.81. The average Bonchev–Trinajstić information content (AvgIpc) is 3.04. The van der Waals surface area contributed by atoms with E-state index in [1.54, 1.807) is 44.0 Å². The van der Waals surface area contributed by atoms with E-state index in [2.05, 4.69) is 5.10 Å². The van der Waals surface area contributed by atoms with Gasteiger partial charge in [0, 0.05) is 18.4 Å². The molecule has 0 N–H and O–H groups in total. The van der Waals surface area contributed by atoms with Crippen molar-refractivity contribution >= 4 is 5.78 Å². The number of nitrogens with zero attached hydrogens (tertiary/aromatic N) is 2. The molecule has 0 radical (unpaired) electrons. The minimum atomic E-state index is -0.371. The molecule has 3 aromatic rings. The van der Waals surface area contributed by atoms with Crippen LogP contribution < -0.4 is 9.47 Å². The second-order valence-corrected chi connectivity index (χ2v) is 6.91. The molecule has 0 spiro atoms. The molecule has 6 heteroatoms. The molecule has 0 aliphatic heterocycles. The molecule has 0 unspecified atom stereocenters. The number of methoxy groups -OCH3 is 2. The summed E-state index contributed by atoms with van der Waals surface area (Å²) in [7, 11) is 3.20. The lowest BCUT2D eigenvalue weighted by Gasteiger charge is -2.25. The SMILES string of the molecule is COc1ccc([C@@H]2CC(=O)c3c(C)nn(-c4ccccc4F)c3C2)c(OC)c1. The van der Waals surface area contributed by atoms with Gasteiger partial charge in [-0.05, 0) is 37.1 Å². The number of aromatic nitrogens is 2. The molecule has 5 nitrogen and oxygen atoms in total. The zero-order valence-electron chi connectivity index (χ0n) is 16.0. The third-order valence-electron chi connectivity index (χ3n) is 5.27. The minimum absolute atomic E-state index is 0.0178. The molecule has 1 aliphatic rings. The Labute approximate surface area is 162 Å². The second-order valence-electron chi connectivity index (χ2n) is 6.91. The smallest absolute Gasteiger partial charge is 0.167 e. The van der Waals surface area contributed by atoms with E-state index in [9.17, 15) is 9.18 Å². The van der Waals surface area contributed by atoms with Crippen LogP contribution in [0.2, 0.25) is 0 Å². The van der Waals surface area contributed by atoms with Crippen molar-refractivity contribution in [3.05, 3.63) is 70.8 Å². The molecule has 1 aromatic heterocycles. The van der Waals surface area contributed by atoms with Crippen LogP contribution in [0.15, 0.2) is 42.5 Å². The number of halogens is 1. The molecule has 2 aromatic carbocycles. The molecule has 4 rings (SSSR count). The van der Waals surface area contributed by atoms with Gasteiger partial charge in [0.15, 0.2) is 5.78 Å². The zero-order valence-corrected chi connectivity index (χ0v) is 16.0. The first kappa shape index (κ1) is 18.2. The van der Waals surface area contributed by atoms with Crippen LogP contribution in [0.25, 0.3) is 5.69 Å². The van der Waals surface area contributed by atoms with Crippen molar-refractivity contribution < 1.29 is 18.7 Å². The normalized spacial score (nSPS) is 16.0. The van der Waals surface area contributed by atoms with Gasteiger partial charge in [-0.3, -0.25) is 4.79 Å². The Balaban J connectivity index is 1.81. The summed E-state index contributed by atoms with van der Waals surface area (Å²) in [6.07, 6.45) is 0.929. The van der Waals surface area contributed by atoms with Gasteiger partial charge in [-0.15, -0.1) is 0 Å². The van der Waals surface area contributed by atoms with E-state index in [4.69, 9.17) is 9.47 Å². The van der Waals surface area contributed by atoms with Crippen molar-refractivity contribution in [3.63, 3.8) is 0 Å². The van der Waals surface area contributed by atoms with Crippen molar-refractivity contribution in [1.29, 1.82) is 0 Å². The van der Waals surface area contributed by atoms with Crippen LogP contribution >= 0.6 is 0 Å². The number of hydrogen-bond donors (Lipinski definition) is 0. The van der Waals surface area contributed by atoms with Crippen molar-refractivity contribution in [2.45, 2.75) is 25.7 Å². The molecule has 144 valence electrons. The van der Waals surface area contributed by atoms with E-state index in [1.165, 1.54) is 6.07 Å². The van der Waals surface area contributed by atoms with E-state index in [-0.39, 0.29) is 17.5 Å². The summed E-state index contributed by atoms with van der Waals surface area (Å²) >= 11 is 0. The lowest BCUT2D eigenvalue weighted by molar-refractivity contribution is 0.0963. The predicted octanol–water partition coefficient (Wildman–Crippen LogP) is 4.25. The van der Waals surface area contributed by atoms with E-state index in [0.29, 0.717) is 41.3 Å². The van der Waals surface area contributed by atoms with Crippen LogP contribution in [0.4, 0.5) is 4.39 Å². The van der Waals surface area contributed by atoms with Crippen LogP contribution in [0.1, 0.15) is 39.6 Å². The fourth-order valence-electron chi connectivity index (χ4n) is 3.96. The van der Waals surface area contributed by atoms with Gasteiger partial charge >= 0.3 is 0 Å². The Morgan fingerprint density at radius 2 is 1.89 bits per heavy atom. The van der Waals surface area contributed by atoms with E-state index >= 15 is 0 Å². The van der Waals surface area contributed by atoms with Gasteiger partial charge in [0.1, 0.15) is 23.0 Å². The number of para-hydroxylation sites is 1. The largest absolute Gasteiger partial charge is 0.497 e. The van der Waals surface area contributed by atoms with Gasteiger partial charge in [0.2, 0.25) is 0 Å². The number of fused-ring (bicyclic) bond motifs is 1. The molecule has 1 atom stereocenters. The third kappa shape index (κ3) is 2.95. The molecular formula is C22H21FN2O3.